The van der Waals surface area contributed by atoms with Gasteiger partial charge in [-0.15, -0.1) is 24.8 Å². The van der Waals surface area contributed by atoms with Crippen LogP contribution in [0.25, 0.3) is 0 Å². The summed E-state index contributed by atoms with van der Waals surface area (Å²) in [5, 5.41) is 13.7. The molecule has 0 amide bonds. The average Bonchev–Trinajstić information content (AvgIpc) is 2.46. The third-order valence-electron chi connectivity index (χ3n) is 4.75. The second-order valence-electron chi connectivity index (χ2n) is 5.98. The highest BCUT2D eigenvalue weighted by molar-refractivity contribution is 6.32. The van der Waals surface area contributed by atoms with Crippen molar-refractivity contribution in [1.29, 1.82) is 0 Å². The molecular weight excluding hydrogens is 359 g/mol. The van der Waals surface area contributed by atoms with Crippen LogP contribution in [0.4, 0.5) is 0 Å². The molecule has 0 unspecified atom stereocenters. The highest BCUT2D eigenvalue weighted by Crippen LogP contribution is 2.45. The first-order valence-electron chi connectivity index (χ1n) is 7.72. The molecule has 1 aromatic rings. The minimum absolute atomic E-state index is 0. The van der Waals surface area contributed by atoms with Crippen molar-refractivity contribution < 1.29 is 9.84 Å². The average molecular weight is 384 g/mol. The summed E-state index contributed by atoms with van der Waals surface area (Å²) in [7, 11) is 1.57. The van der Waals surface area contributed by atoms with E-state index in [0.717, 1.165) is 26.2 Å². The molecule has 2 N–H and O–H groups in total. The molecule has 0 bridgehead atoms. The van der Waals surface area contributed by atoms with Gasteiger partial charge in [0.2, 0.25) is 0 Å². The Bertz CT molecular complexity index is 506. The first-order chi connectivity index (χ1) is 10.2. The summed E-state index contributed by atoms with van der Waals surface area (Å²) in [4.78, 5) is 2.54. The van der Waals surface area contributed by atoms with Gasteiger partial charge in [0.25, 0.3) is 0 Å². The Kier molecular flexibility index (Phi) is 8.25. The summed E-state index contributed by atoms with van der Waals surface area (Å²) in [6.45, 7) is 4.18. The summed E-state index contributed by atoms with van der Waals surface area (Å²) in [6, 6.07) is 4.24. The number of phenolic OH excluding ortho intramolecular Hbond substituents is 1. The fourth-order valence-electron chi connectivity index (χ4n) is 3.42. The fraction of sp³-hybridized carbons (Fsp3) is 0.625. The molecule has 3 rings (SSSR count). The Labute approximate surface area is 155 Å². The molecule has 1 heterocycles. The molecule has 2 fully saturated rings. The van der Waals surface area contributed by atoms with E-state index in [9.17, 15) is 5.11 Å². The van der Waals surface area contributed by atoms with Crippen molar-refractivity contribution in [3.05, 3.63) is 22.7 Å². The number of nitrogens with one attached hydrogen (secondary N) is 1. The molecule has 1 aliphatic carbocycles. The van der Waals surface area contributed by atoms with Crippen molar-refractivity contribution >= 4 is 36.4 Å². The van der Waals surface area contributed by atoms with E-state index in [2.05, 4.69) is 10.2 Å². The largest absolute Gasteiger partial charge is 0.503 e. The van der Waals surface area contributed by atoms with Crippen molar-refractivity contribution in [2.75, 3.05) is 33.3 Å². The molecule has 0 radical (unpaired) electrons. The maximum absolute atomic E-state index is 9.94. The molecule has 0 spiro atoms. The monoisotopic (exact) mass is 382 g/mol. The SMILES string of the molecule is COc1cc([C@H](C2CCC2)N2CCNCC2)cc(Cl)c1O.Cl.Cl. The smallest absolute Gasteiger partial charge is 0.176 e. The summed E-state index contributed by atoms with van der Waals surface area (Å²) in [5.74, 6) is 1.20. The highest BCUT2D eigenvalue weighted by atomic mass is 35.5. The van der Waals surface area contributed by atoms with Crippen LogP contribution in [-0.2, 0) is 0 Å². The fourth-order valence-corrected chi connectivity index (χ4v) is 3.64. The summed E-state index contributed by atoms with van der Waals surface area (Å²) in [6.07, 6.45) is 3.86. The Balaban J connectivity index is 0.00000132. The maximum atomic E-state index is 9.94. The van der Waals surface area contributed by atoms with Gasteiger partial charge in [-0.05, 0) is 36.5 Å². The quantitative estimate of drug-likeness (QED) is 0.833. The minimum Gasteiger partial charge on any atom is -0.503 e. The lowest BCUT2D eigenvalue weighted by Crippen LogP contribution is -2.47. The number of ether oxygens (including phenoxy) is 1. The van der Waals surface area contributed by atoms with Gasteiger partial charge in [-0.25, -0.2) is 0 Å². The third kappa shape index (κ3) is 4.37. The number of piperazine rings is 1. The van der Waals surface area contributed by atoms with E-state index in [-0.39, 0.29) is 30.6 Å². The summed E-state index contributed by atoms with van der Waals surface area (Å²) < 4.78 is 5.27. The number of methoxy groups -OCH3 is 1. The first kappa shape index (κ1) is 20.7. The van der Waals surface area contributed by atoms with E-state index >= 15 is 0 Å². The van der Waals surface area contributed by atoms with Crippen LogP contribution in [0.2, 0.25) is 5.02 Å². The zero-order valence-electron chi connectivity index (χ0n) is 13.3. The number of nitrogens with zero attached hydrogens (tertiary/aromatic N) is 1. The van der Waals surface area contributed by atoms with E-state index in [1.165, 1.54) is 24.8 Å². The van der Waals surface area contributed by atoms with Gasteiger partial charge in [-0.3, -0.25) is 4.90 Å². The van der Waals surface area contributed by atoms with Gasteiger partial charge >= 0.3 is 0 Å². The standard InChI is InChI=1S/C16H23ClN2O2.2ClH/c1-21-14-10-12(9-13(17)16(14)20)15(11-3-2-4-11)19-7-5-18-6-8-19;;/h9-11,15,18,20H,2-8H2,1H3;2*1H/t15-;;/m0../s1. The van der Waals surface area contributed by atoms with Crippen LogP contribution in [0.15, 0.2) is 12.1 Å². The second-order valence-corrected chi connectivity index (χ2v) is 6.38. The van der Waals surface area contributed by atoms with Crippen molar-refractivity contribution in [2.45, 2.75) is 25.3 Å². The van der Waals surface area contributed by atoms with Gasteiger partial charge < -0.3 is 15.2 Å². The number of hydrogen-bond acceptors (Lipinski definition) is 4. The molecular formula is C16H25Cl3N2O2. The van der Waals surface area contributed by atoms with Crippen LogP contribution in [-0.4, -0.2) is 43.3 Å². The van der Waals surface area contributed by atoms with Crippen LogP contribution in [0.1, 0.15) is 30.9 Å². The molecule has 1 saturated carbocycles. The zero-order valence-corrected chi connectivity index (χ0v) is 15.6. The van der Waals surface area contributed by atoms with Gasteiger partial charge in [-0.1, -0.05) is 18.0 Å². The normalized spacial score (nSPS) is 19.9. The molecule has 4 nitrogen and oxygen atoms in total. The number of aromatic hydroxyl groups is 1. The Morgan fingerprint density at radius 2 is 1.91 bits per heavy atom. The number of rotatable bonds is 4. The molecule has 0 aromatic heterocycles. The van der Waals surface area contributed by atoms with Crippen molar-refractivity contribution in [2.24, 2.45) is 5.92 Å². The lowest BCUT2D eigenvalue weighted by Gasteiger charge is -2.43. The van der Waals surface area contributed by atoms with E-state index in [0.29, 0.717) is 22.7 Å². The predicted molar refractivity (Wildman–Crippen MR) is 98.7 cm³/mol. The van der Waals surface area contributed by atoms with Gasteiger partial charge in [0.05, 0.1) is 12.1 Å². The topological polar surface area (TPSA) is 44.7 Å². The number of benzene rings is 1. The van der Waals surface area contributed by atoms with E-state index in [4.69, 9.17) is 16.3 Å². The Morgan fingerprint density at radius 3 is 2.43 bits per heavy atom. The first-order valence-corrected chi connectivity index (χ1v) is 8.09. The van der Waals surface area contributed by atoms with Crippen molar-refractivity contribution in [3.63, 3.8) is 0 Å². The van der Waals surface area contributed by atoms with Gasteiger partial charge in [-0.2, -0.15) is 0 Å². The Hall–Kier alpha value is -0.390. The summed E-state index contributed by atoms with van der Waals surface area (Å²) in [5.41, 5.74) is 1.17. The number of hydrogen-bond donors (Lipinski definition) is 2. The zero-order chi connectivity index (χ0) is 14.8. The predicted octanol–water partition coefficient (Wildman–Crippen LogP) is 3.64. The molecule has 132 valence electrons. The molecule has 2 aliphatic rings. The minimum atomic E-state index is 0. The highest BCUT2D eigenvalue weighted by Gasteiger charge is 2.34. The van der Waals surface area contributed by atoms with Crippen molar-refractivity contribution in [1.82, 2.24) is 10.2 Å². The van der Waals surface area contributed by atoms with Crippen LogP contribution < -0.4 is 10.1 Å². The molecule has 1 atom stereocenters. The van der Waals surface area contributed by atoms with Gasteiger partial charge in [0, 0.05) is 32.2 Å². The van der Waals surface area contributed by atoms with Crippen molar-refractivity contribution in [3.8, 4) is 11.5 Å². The number of phenols is 1. The molecule has 23 heavy (non-hydrogen) atoms. The van der Waals surface area contributed by atoms with Crippen LogP contribution in [0, 0.1) is 5.92 Å². The lowest BCUT2D eigenvalue weighted by atomic mass is 9.76. The van der Waals surface area contributed by atoms with Crippen LogP contribution >= 0.6 is 36.4 Å². The second kappa shape index (κ2) is 9.19. The number of halogens is 3. The molecule has 1 aromatic carbocycles. The van der Waals surface area contributed by atoms with E-state index < -0.39 is 0 Å². The Morgan fingerprint density at radius 1 is 1.26 bits per heavy atom. The van der Waals surface area contributed by atoms with Gasteiger partial charge in [0.1, 0.15) is 0 Å². The molecule has 7 heteroatoms. The lowest BCUT2D eigenvalue weighted by molar-refractivity contribution is 0.0835. The molecule has 1 aliphatic heterocycles. The maximum Gasteiger partial charge on any atom is 0.176 e. The van der Waals surface area contributed by atoms with E-state index in [1.807, 2.05) is 12.1 Å². The van der Waals surface area contributed by atoms with Gasteiger partial charge in [0.15, 0.2) is 11.5 Å². The third-order valence-corrected chi connectivity index (χ3v) is 5.04. The van der Waals surface area contributed by atoms with Crippen LogP contribution in [0.5, 0.6) is 11.5 Å². The van der Waals surface area contributed by atoms with Crippen LogP contribution in [0.3, 0.4) is 0 Å². The van der Waals surface area contributed by atoms with E-state index in [1.54, 1.807) is 7.11 Å². The molecule has 1 saturated heterocycles. The summed E-state index contributed by atoms with van der Waals surface area (Å²) >= 11 is 6.19.